The summed E-state index contributed by atoms with van der Waals surface area (Å²) in [4.78, 5) is 12.3. The van der Waals surface area contributed by atoms with E-state index in [1.54, 1.807) is 10.6 Å². The highest BCUT2D eigenvalue weighted by Crippen LogP contribution is 2.36. The SMILES string of the molecule is CNCCOc1ccn2nc(-c3ccccc3)c(-c3ccc(=O)n(C(C)C)c3)c2c1. The summed E-state index contributed by atoms with van der Waals surface area (Å²) in [5.41, 5.74) is 4.75. The maximum absolute atomic E-state index is 12.3. The molecular formula is C24H26N4O2. The zero-order valence-electron chi connectivity index (χ0n) is 17.5. The van der Waals surface area contributed by atoms with Crippen LogP contribution in [-0.2, 0) is 0 Å². The fourth-order valence-corrected chi connectivity index (χ4v) is 3.52. The van der Waals surface area contributed by atoms with Gasteiger partial charge in [-0.3, -0.25) is 4.79 Å². The number of fused-ring (bicyclic) bond motifs is 1. The molecule has 0 saturated carbocycles. The second-order valence-corrected chi connectivity index (χ2v) is 7.49. The van der Waals surface area contributed by atoms with Gasteiger partial charge in [-0.1, -0.05) is 30.3 Å². The first-order chi connectivity index (χ1) is 14.6. The lowest BCUT2D eigenvalue weighted by Crippen LogP contribution is -2.20. The quantitative estimate of drug-likeness (QED) is 0.475. The van der Waals surface area contributed by atoms with E-state index in [0.717, 1.165) is 40.2 Å². The first-order valence-electron chi connectivity index (χ1n) is 10.2. The lowest BCUT2D eigenvalue weighted by molar-refractivity contribution is 0.318. The van der Waals surface area contributed by atoms with Crippen LogP contribution in [0.5, 0.6) is 5.75 Å². The van der Waals surface area contributed by atoms with E-state index in [1.165, 1.54) is 0 Å². The minimum absolute atomic E-state index is 0.0115. The van der Waals surface area contributed by atoms with Crippen molar-refractivity contribution in [3.63, 3.8) is 0 Å². The van der Waals surface area contributed by atoms with Crippen LogP contribution in [0.15, 0.2) is 71.8 Å². The van der Waals surface area contributed by atoms with E-state index in [4.69, 9.17) is 9.84 Å². The Morgan fingerprint density at radius 1 is 1.07 bits per heavy atom. The van der Waals surface area contributed by atoms with Gasteiger partial charge in [0, 0.05) is 53.8 Å². The molecule has 154 valence electrons. The zero-order valence-corrected chi connectivity index (χ0v) is 17.5. The molecule has 0 atom stereocenters. The summed E-state index contributed by atoms with van der Waals surface area (Å²) in [7, 11) is 1.90. The molecule has 0 spiro atoms. The van der Waals surface area contributed by atoms with Crippen molar-refractivity contribution in [2.24, 2.45) is 0 Å². The fourth-order valence-electron chi connectivity index (χ4n) is 3.52. The Morgan fingerprint density at radius 2 is 1.87 bits per heavy atom. The lowest BCUT2D eigenvalue weighted by atomic mass is 10.0. The van der Waals surface area contributed by atoms with Gasteiger partial charge in [0.05, 0.1) is 5.52 Å². The smallest absolute Gasteiger partial charge is 0.250 e. The number of ether oxygens (including phenoxy) is 1. The third-order valence-corrected chi connectivity index (χ3v) is 5.06. The van der Waals surface area contributed by atoms with Crippen LogP contribution in [0, 0.1) is 0 Å². The first-order valence-corrected chi connectivity index (χ1v) is 10.2. The molecule has 0 aliphatic heterocycles. The topological polar surface area (TPSA) is 60.6 Å². The van der Waals surface area contributed by atoms with Crippen molar-refractivity contribution in [2.75, 3.05) is 20.2 Å². The van der Waals surface area contributed by atoms with Crippen LogP contribution in [0.2, 0.25) is 0 Å². The second kappa shape index (κ2) is 8.55. The summed E-state index contributed by atoms with van der Waals surface area (Å²) < 4.78 is 9.50. The molecule has 0 bridgehead atoms. The zero-order chi connectivity index (χ0) is 21.1. The van der Waals surface area contributed by atoms with Crippen molar-refractivity contribution in [3.8, 4) is 28.1 Å². The highest BCUT2D eigenvalue weighted by Gasteiger charge is 2.18. The van der Waals surface area contributed by atoms with Crippen LogP contribution < -0.4 is 15.6 Å². The van der Waals surface area contributed by atoms with E-state index in [-0.39, 0.29) is 11.6 Å². The van der Waals surface area contributed by atoms with E-state index in [9.17, 15) is 4.79 Å². The standard InChI is InChI=1S/C24H26N4O2/c1-17(2)27-16-19(9-10-22(27)29)23-21-15-20(30-14-12-25-3)11-13-28(21)26-24(23)18-7-5-4-6-8-18/h4-11,13,15-17,25H,12,14H2,1-3H3. The number of aromatic nitrogens is 3. The number of benzene rings is 1. The molecule has 0 unspecified atom stereocenters. The average molecular weight is 402 g/mol. The number of nitrogens with one attached hydrogen (secondary N) is 1. The molecule has 4 aromatic rings. The monoisotopic (exact) mass is 402 g/mol. The lowest BCUT2D eigenvalue weighted by Gasteiger charge is -2.12. The average Bonchev–Trinajstić information content (AvgIpc) is 3.13. The van der Waals surface area contributed by atoms with Gasteiger partial charge in [-0.2, -0.15) is 5.10 Å². The van der Waals surface area contributed by atoms with Gasteiger partial charge >= 0.3 is 0 Å². The van der Waals surface area contributed by atoms with Crippen LogP contribution >= 0.6 is 0 Å². The predicted octanol–water partition coefficient (Wildman–Crippen LogP) is 4.01. The van der Waals surface area contributed by atoms with Gasteiger partial charge in [-0.15, -0.1) is 0 Å². The highest BCUT2D eigenvalue weighted by atomic mass is 16.5. The Kier molecular flexibility index (Phi) is 5.68. The number of hydrogen-bond donors (Lipinski definition) is 1. The molecule has 0 radical (unpaired) electrons. The molecule has 0 fully saturated rings. The van der Waals surface area contributed by atoms with Crippen molar-refractivity contribution in [1.82, 2.24) is 19.5 Å². The van der Waals surface area contributed by atoms with Crippen molar-refractivity contribution in [2.45, 2.75) is 19.9 Å². The molecule has 1 N–H and O–H groups in total. The molecule has 0 saturated heterocycles. The van der Waals surface area contributed by atoms with Gasteiger partial charge in [0.1, 0.15) is 18.1 Å². The first kappa shape index (κ1) is 19.9. The molecular weight excluding hydrogens is 376 g/mol. The normalized spacial score (nSPS) is 11.3. The largest absolute Gasteiger partial charge is 0.492 e. The van der Waals surface area contributed by atoms with Crippen LogP contribution in [0.25, 0.3) is 27.9 Å². The van der Waals surface area contributed by atoms with Crippen molar-refractivity contribution < 1.29 is 4.74 Å². The predicted molar refractivity (Wildman–Crippen MR) is 120 cm³/mol. The number of hydrogen-bond acceptors (Lipinski definition) is 4. The van der Waals surface area contributed by atoms with E-state index in [2.05, 4.69) is 5.32 Å². The summed E-state index contributed by atoms with van der Waals surface area (Å²) in [6.45, 7) is 5.37. The minimum Gasteiger partial charge on any atom is -0.492 e. The molecule has 6 nitrogen and oxygen atoms in total. The Balaban J connectivity index is 1.93. The molecule has 3 aromatic heterocycles. The summed E-state index contributed by atoms with van der Waals surface area (Å²) >= 11 is 0. The molecule has 3 heterocycles. The Morgan fingerprint density at radius 3 is 2.60 bits per heavy atom. The van der Waals surface area contributed by atoms with Gasteiger partial charge in [0.25, 0.3) is 5.56 Å². The van der Waals surface area contributed by atoms with E-state index in [1.807, 2.05) is 86.3 Å². The maximum atomic E-state index is 12.3. The fraction of sp³-hybridized carbons (Fsp3) is 0.250. The van der Waals surface area contributed by atoms with Gasteiger partial charge in [0.2, 0.25) is 0 Å². The summed E-state index contributed by atoms with van der Waals surface area (Å²) in [5, 5.41) is 7.94. The van der Waals surface area contributed by atoms with Crippen LogP contribution in [0.4, 0.5) is 0 Å². The summed E-state index contributed by atoms with van der Waals surface area (Å²) in [6.07, 6.45) is 3.84. The Labute approximate surface area is 175 Å². The minimum atomic E-state index is -0.0115. The highest BCUT2D eigenvalue weighted by molar-refractivity contribution is 5.92. The van der Waals surface area contributed by atoms with Gasteiger partial charge in [-0.05, 0) is 33.0 Å². The number of nitrogens with zero attached hydrogens (tertiary/aromatic N) is 3. The van der Waals surface area contributed by atoms with Crippen molar-refractivity contribution >= 4 is 5.52 Å². The molecule has 30 heavy (non-hydrogen) atoms. The second-order valence-electron chi connectivity index (χ2n) is 7.49. The van der Waals surface area contributed by atoms with Gasteiger partial charge in [-0.25, -0.2) is 4.52 Å². The van der Waals surface area contributed by atoms with Crippen LogP contribution in [-0.4, -0.2) is 34.4 Å². The third-order valence-electron chi connectivity index (χ3n) is 5.06. The Bertz CT molecular complexity index is 1210. The third kappa shape index (κ3) is 3.86. The van der Waals surface area contributed by atoms with Crippen LogP contribution in [0.3, 0.4) is 0 Å². The molecule has 0 aliphatic carbocycles. The number of rotatable bonds is 7. The van der Waals surface area contributed by atoms with Crippen LogP contribution in [0.1, 0.15) is 19.9 Å². The van der Waals surface area contributed by atoms with E-state index >= 15 is 0 Å². The number of likely N-dealkylation sites (N-methyl/N-ethyl adjacent to an activating group) is 1. The van der Waals surface area contributed by atoms with Crippen molar-refractivity contribution in [1.29, 1.82) is 0 Å². The Hall–Kier alpha value is -3.38. The summed E-state index contributed by atoms with van der Waals surface area (Å²) in [5.74, 6) is 0.788. The molecule has 1 aromatic carbocycles. The summed E-state index contributed by atoms with van der Waals surface area (Å²) in [6, 6.07) is 17.6. The van der Waals surface area contributed by atoms with Crippen molar-refractivity contribution in [3.05, 3.63) is 77.3 Å². The van der Waals surface area contributed by atoms with Gasteiger partial charge in [0.15, 0.2) is 0 Å². The number of pyridine rings is 2. The molecule has 4 rings (SSSR count). The molecule has 0 amide bonds. The molecule has 6 heteroatoms. The van der Waals surface area contributed by atoms with E-state index in [0.29, 0.717) is 6.61 Å². The molecule has 0 aliphatic rings. The maximum Gasteiger partial charge on any atom is 0.250 e. The van der Waals surface area contributed by atoms with E-state index < -0.39 is 0 Å². The van der Waals surface area contributed by atoms with Gasteiger partial charge < -0.3 is 14.6 Å².